The van der Waals surface area contributed by atoms with Crippen LogP contribution in [-0.4, -0.2) is 58.6 Å². The molecule has 4 atom stereocenters. The van der Waals surface area contributed by atoms with Crippen LogP contribution in [-0.2, 0) is 40.9 Å². The summed E-state index contributed by atoms with van der Waals surface area (Å²) in [6.07, 6.45) is -1.49. The Morgan fingerprint density at radius 1 is 0.978 bits per heavy atom. The van der Waals surface area contributed by atoms with Gasteiger partial charge in [0.1, 0.15) is 12.2 Å². The maximum absolute atomic E-state index is 14.2. The first-order valence-corrected chi connectivity index (χ1v) is 23.0. The molecule has 4 rings (SSSR count). The van der Waals surface area contributed by atoms with Gasteiger partial charge in [-0.3, -0.25) is 13.9 Å². The van der Waals surface area contributed by atoms with E-state index in [0.29, 0.717) is 12.0 Å². The molecule has 2 N–H and O–H groups in total. The van der Waals surface area contributed by atoms with E-state index in [1.165, 1.54) is 15.3 Å². The van der Waals surface area contributed by atoms with Gasteiger partial charge in [-0.05, 0) is 55.2 Å². The first kappa shape index (κ1) is 36.5. The third kappa shape index (κ3) is 6.80. The van der Waals surface area contributed by atoms with Gasteiger partial charge in [0.2, 0.25) is 0 Å². The van der Waals surface area contributed by atoms with Crippen LogP contribution < -0.4 is 17.0 Å². The fourth-order valence-corrected chi connectivity index (χ4v) is 8.74. The van der Waals surface area contributed by atoms with E-state index in [1.54, 1.807) is 6.92 Å². The van der Waals surface area contributed by atoms with Crippen LogP contribution in [0.5, 0.6) is 0 Å². The largest absolute Gasteiger partial charge is 0.414 e. The monoisotopic (exact) mass is 693 g/mol. The first-order valence-electron chi connectivity index (χ1n) is 15.7. The summed E-state index contributed by atoms with van der Waals surface area (Å²) in [5, 5.41) is 0.441. The molecule has 2 aromatic rings. The van der Waals surface area contributed by atoms with E-state index in [1.807, 2.05) is 43.4 Å². The van der Waals surface area contributed by atoms with Crippen LogP contribution in [0.4, 0.5) is 0 Å². The Bertz CT molecular complexity index is 1710. The van der Waals surface area contributed by atoms with Crippen LogP contribution in [0.3, 0.4) is 0 Å². The van der Waals surface area contributed by atoms with Gasteiger partial charge in [0.25, 0.3) is 15.7 Å². The average molecular weight is 694 g/mol. The fourth-order valence-electron chi connectivity index (χ4n) is 5.24. The standard InChI is InChI=1S/C32H51N3O8SSi2/c1-22-19-35(29(37)34(27(22)36)18-17-23-15-13-12-14-16-23)28-26(42-46(10,11)31(5,6)7)32(24(33)21-44(38,39)43-32)25(41-28)20-40-45(8,9)30(2,3)4/h12-16,19,21,25-26,28H,17-18,20,33H2,1-11H3. The van der Waals surface area contributed by atoms with Gasteiger partial charge < -0.3 is 19.3 Å². The Kier molecular flexibility index (Phi) is 9.74. The third-order valence-electron chi connectivity index (χ3n) is 10.2. The van der Waals surface area contributed by atoms with Crippen LogP contribution in [0, 0.1) is 6.92 Å². The van der Waals surface area contributed by atoms with Crippen molar-refractivity contribution in [1.82, 2.24) is 9.13 Å². The average Bonchev–Trinajstić information content (AvgIpc) is 3.35. The minimum atomic E-state index is -4.22. The lowest BCUT2D eigenvalue weighted by Crippen LogP contribution is -2.59. The van der Waals surface area contributed by atoms with Crippen molar-refractivity contribution in [2.75, 3.05) is 6.61 Å². The Balaban J connectivity index is 1.90. The first-order chi connectivity index (χ1) is 20.9. The maximum Gasteiger partial charge on any atom is 0.333 e. The third-order valence-corrected chi connectivity index (χ3v) is 20.2. The van der Waals surface area contributed by atoms with Crippen molar-refractivity contribution < 1.29 is 26.2 Å². The van der Waals surface area contributed by atoms with Gasteiger partial charge >= 0.3 is 5.69 Å². The summed E-state index contributed by atoms with van der Waals surface area (Å²) < 4.78 is 54.8. The number of aryl methyl sites for hydroxylation is 2. The van der Waals surface area contributed by atoms with E-state index in [4.69, 9.17) is 23.5 Å². The van der Waals surface area contributed by atoms with E-state index in [9.17, 15) is 18.0 Å². The summed E-state index contributed by atoms with van der Waals surface area (Å²) in [5.41, 5.74) is 4.97. The van der Waals surface area contributed by atoms with E-state index < -0.39 is 62.0 Å². The van der Waals surface area contributed by atoms with Gasteiger partial charge in [0.15, 0.2) is 28.5 Å². The zero-order chi connectivity index (χ0) is 34.7. The molecule has 1 aromatic carbocycles. The lowest BCUT2D eigenvalue weighted by Gasteiger charge is -2.43. The van der Waals surface area contributed by atoms with Gasteiger partial charge in [-0.15, -0.1) is 0 Å². The van der Waals surface area contributed by atoms with Crippen LogP contribution in [0.2, 0.25) is 36.3 Å². The van der Waals surface area contributed by atoms with Crippen molar-refractivity contribution in [3.8, 4) is 0 Å². The van der Waals surface area contributed by atoms with E-state index >= 15 is 0 Å². The molecule has 11 nitrogen and oxygen atoms in total. The van der Waals surface area contributed by atoms with Crippen LogP contribution in [0.15, 0.2) is 57.2 Å². The molecule has 0 aliphatic carbocycles. The topological polar surface area (TPSA) is 141 Å². The van der Waals surface area contributed by atoms with Gasteiger partial charge in [0, 0.05) is 18.3 Å². The molecule has 256 valence electrons. The predicted molar refractivity (Wildman–Crippen MR) is 184 cm³/mol. The minimum absolute atomic E-state index is 0.0458. The number of nitrogens with two attached hydrogens (primary N) is 1. The molecule has 0 bridgehead atoms. The van der Waals surface area contributed by atoms with Crippen molar-refractivity contribution >= 4 is 26.8 Å². The Morgan fingerprint density at radius 2 is 1.57 bits per heavy atom. The van der Waals surface area contributed by atoms with E-state index in [-0.39, 0.29) is 28.9 Å². The number of aromatic nitrogens is 2. The molecule has 1 saturated heterocycles. The number of rotatable bonds is 9. The molecule has 46 heavy (non-hydrogen) atoms. The van der Waals surface area contributed by atoms with E-state index in [0.717, 1.165) is 11.0 Å². The number of ether oxygens (including phenoxy) is 1. The number of hydrogen-bond acceptors (Lipinski definition) is 9. The molecule has 1 fully saturated rings. The van der Waals surface area contributed by atoms with Crippen LogP contribution >= 0.6 is 0 Å². The van der Waals surface area contributed by atoms with Gasteiger partial charge in [0.05, 0.1) is 17.7 Å². The smallest absolute Gasteiger partial charge is 0.333 e. The van der Waals surface area contributed by atoms with Crippen molar-refractivity contribution in [3.05, 3.63) is 79.6 Å². The Hall–Kier alpha value is -2.34. The molecule has 0 radical (unpaired) electrons. The number of nitrogens with zero attached hydrogens (tertiary/aromatic N) is 2. The van der Waals surface area contributed by atoms with Crippen molar-refractivity contribution in [2.45, 2.75) is 122 Å². The second-order valence-electron chi connectivity index (χ2n) is 15.5. The van der Waals surface area contributed by atoms with Crippen LogP contribution in [0.1, 0.15) is 58.9 Å². The molecule has 2 aliphatic heterocycles. The predicted octanol–water partition coefficient (Wildman–Crippen LogP) is 4.77. The highest BCUT2D eigenvalue weighted by atomic mass is 32.2. The highest BCUT2D eigenvalue weighted by Crippen LogP contribution is 2.52. The minimum Gasteiger partial charge on any atom is -0.414 e. The molecule has 0 amide bonds. The summed E-state index contributed by atoms with van der Waals surface area (Å²) in [5.74, 6) is 0. The summed E-state index contributed by atoms with van der Waals surface area (Å²) in [7, 11) is -9.29. The maximum atomic E-state index is 14.2. The molecule has 1 spiro atoms. The highest BCUT2D eigenvalue weighted by molar-refractivity contribution is 7.90. The summed E-state index contributed by atoms with van der Waals surface area (Å²) in [6.45, 7) is 22.4. The SMILES string of the molecule is Cc1cn(C2OC(CO[Si](C)(C)C(C)(C)C)C3(OS(=O)(=O)C=C3N)C2O[Si](C)(C)C(C)(C)C)c(=O)n(CCc2ccccc2)c1=O. The zero-order valence-corrected chi connectivity index (χ0v) is 31.9. The lowest BCUT2D eigenvalue weighted by atomic mass is 9.89. The van der Waals surface area contributed by atoms with Gasteiger partial charge in [-0.25, -0.2) is 8.98 Å². The zero-order valence-electron chi connectivity index (χ0n) is 29.0. The van der Waals surface area contributed by atoms with E-state index in [2.05, 4.69) is 54.6 Å². The Morgan fingerprint density at radius 3 is 2.09 bits per heavy atom. The molecular weight excluding hydrogens is 643 g/mol. The van der Waals surface area contributed by atoms with Crippen molar-refractivity contribution in [2.24, 2.45) is 5.73 Å². The van der Waals surface area contributed by atoms with Crippen molar-refractivity contribution in [1.29, 1.82) is 0 Å². The summed E-state index contributed by atoms with van der Waals surface area (Å²) >= 11 is 0. The normalized spacial score (nSPS) is 25.3. The summed E-state index contributed by atoms with van der Waals surface area (Å²) in [6, 6.07) is 9.59. The van der Waals surface area contributed by atoms with Crippen molar-refractivity contribution in [3.63, 3.8) is 0 Å². The number of hydrogen-bond donors (Lipinski definition) is 1. The molecule has 0 saturated carbocycles. The fraction of sp³-hybridized carbons (Fsp3) is 0.625. The highest BCUT2D eigenvalue weighted by Gasteiger charge is 2.67. The van der Waals surface area contributed by atoms with Crippen LogP contribution in [0.25, 0.3) is 0 Å². The van der Waals surface area contributed by atoms with Gasteiger partial charge in [-0.1, -0.05) is 71.9 Å². The Labute approximate surface area is 275 Å². The molecule has 1 aromatic heterocycles. The second-order valence-corrected chi connectivity index (χ2v) is 26.5. The molecule has 2 aliphatic rings. The second kappa shape index (κ2) is 12.3. The number of benzene rings is 1. The molecule has 14 heteroatoms. The summed E-state index contributed by atoms with van der Waals surface area (Å²) in [4.78, 5) is 27.5. The quantitative estimate of drug-likeness (QED) is 0.291. The molecule has 4 unspecified atom stereocenters. The lowest BCUT2D eigenvalue weighted by molar-refractivity contribution is -0.0567. The van der Waals surface area contributed by atoms with Gasteiger partial charge in [-0.2, -0.15) is 8.42 Å². The molecule has 3 heterocycles. The molecular formula is C32H51N3O8SSi2.